The van der Waals surface area contributed by atoms with Crippen molar-refractivity contribution in [3.63, 3.8) is 0 Å². The molecule has 0 aromatic carbocycles. The van der Waals surface area contributed by atoms with Crippen LogP contribution in [0.5, 0.6) is 0 Å². The van der Waals surface area contributed by atoms with Crippen molar-refractivity contribution in [2.75, 3.05) is 38.1 Å². The van der Waals surface area contributed by atoms with Crippen molar-refractivity contribution in [2.45, 2.75) is 0 Å². The molecule has 16 heavy (non-hydrogen) atoms. The molecule has 0 radical (unpaired) electrons. The first-order valence-corrected chi connectivity index (χ1v) is 5.44. The highest BCUT2D eigenvalue weighted by Gasteiger charge is 2.20. The van der Waals surface area contributed by atoms with Crippen LogP contribution in [0.3, 0.4) is 0 Å². The number of piperazine rings is 1. The number of halogens is 1. The van der Waals surface area contributed by atoms with E-state index in [1.807, 2.05) is 0 Å². The molecule has 0 spiro atoms. The molecule has 0 bridgehead atoms. The van der Waals surface area contributed by atoms with Crippen LogP contribution in [-0.4, -0.2) is 48.1 Å². The second-order valence-electron chi connectivity index (χ2n) is 3.77. The SMILES string of the molecule is CN1CCN(c2ncnc(Cl)c2C#N)CC1. The Labute approximate surface area is 99.3 Å². The first-order valence-electron chi connectivity index (χ1n) is 5.06. The Morgan fingerprint density at radius 2 is 2.00 bits per heavy atom. The van der Waals surface area contributed by atoms with Crippen LogP contribution in [0.1, 0.15) is 5.56 Å². The zero-order valence-corrected chi connectivity index (χ0v) is 9.78. The lowest BCUT2D eigenvalue weighted by Crippen LogP contribution is -2.45. The van der Waals surface area contributed by atoms with Crippen LogP contribution in [-0.2, 0) is 0 Å². The minimum Gasteiger partial charge on any atom is -0.353 e. The lowest BCUT2D eigenvalue weighted by molar-refractivity contribution is 0.312. The van der Waals surface area contributed by atoms with Crippen molar-refractivity contribution in [2.24, 2.45) is 0 Å². The number of aromatic nitrogens is 2. The van der Waals surface area contributed by atoms with Gasteiger partial charge in [-0.15, -0.1) is 0 Å². The van der Waals surface area contributed by atoms with Gasteiger partial charge in [0.2, 0.25) is 0 Å². The van der Waals surface area contributed by atoms with E-state index >= 15 is 0 Å². The maximum absolute atomic E-state index is 9.03. The number of nitrogens with zero attached hydrogens (tertiary/aromatic N) is 5. The van der Waals surface area contributed by atoms with Crippen LogP contribution in [0.15, 0.2) is 6.33 Å². The monoisotopic (exact) mass is 237 g/mol. The van der Waals surface area contributed by atoms with E-state index in [9.17, 15) is 0 Å². The van der Waals surface area contributed by atoms with Crippen molar-refractivity contribution in [3.8, 4) is 6.07 Å². The van der Waals surface area contributed by atoms with Crippen LogP contribution < -0.4 is 4.90 Å². The smallest absolute Gasteiger partial charge is 0.152 e. The lowest BCUT2D eigenvalue weighted by atomic mass is 10.2. The van der Waals surface area contributed by atoms with Gasteiger partial charge in [-0.1, -0.05) is 11.6 Å². The zero-order valence-electron chi connectivity index (χ0n) is 9.02. The Bertz CT molecular complexity index is 420. The number of likely N-dealkylation sites (N-methyl/N-ethyl adjacent to an activating group) is 1. The summed E-state index contributed by atoms with van der Waals surface area (Å²) < 4.78 is 0. The van der Waals surface area contributed by atoms with Gasteiger partial charge in [0.25, 0.3) is 0 Å². The van der Waals surface area contributed by atoms with E-state index in [-0.39, 0.29) is 5.15 Å². The highest BCUT2D eigenvalue weighted by molar-refractivity contribution is 6.30. The van der Waals surface area contributed by atoms with Crippen LogP contribution in [0.2, 0.25) is 5.15 Å². The fraction of sp³-hybridized carbons (Fsp3) is 0.500. The van der Waals surface area contributed by atoms with Gasteiger partial charge in [0, 0.05) is 26.2 Å². The molecule has 0 aliphatic carbocycles. The Kier molecular flexibility index (Phi) is 3.22. The first kappa shape index (κ1) is 11.1. The number of anilines is 1. The molecule has 1 aromatic heterocycles. The van der Waals surface area contributed by atoms with Crippen LogP contribution in [0.25, 0.3) is 0 Å². The molecule has 0 N–H and O–H groups in total. The highest BCUT2D eigenvalue weighted by Crippen LogP contribution is 2.22. The molecular formula is C10H12ClN5. The van der Waals surface area contributed by atoms with Gasteiger partial charge in [-0.3, -0.25) is 0 Å². The molecule has 1 aliphatic heterocycles. The average molecular weight is 238 g/mol. The third-order valence-corrected chi connectivity index (χ3v) is 2.98. The van der Waals surface area contributed by atoms with Crippen LogP contribution in [0.4, 0.5) is 5.82 Å². The van der Waals surface area contributed by atoms with Gasteiger partial charge in [0.1, 0.15) is 18.0 Å². The van der Waals surface area contributed by atoms with Gasteiger partial charge in [-0.2, -0.15) is 5.26 Å². The minimum atomic E-state index is 0.228. The van der Waals surface area contributed by atoms with Crippen molar-refractivity contribution in [1.29, 1.82) is 5.26 Å². The van der Waals surface area contributed by atoms with Gasteiger partial charge in [0.05, 0.1) is 0 Å². The number of hydrogen-bond donors (Lipinski definition) is 0. The summed E-state index contributed by atoms with van der Waals surface area (Å²) in [7, 11) is 2.08. The minimum absolute atomic E-state index is 0.228. The summed E-state index contributed by atoms with van der Waals surface area (Å²) in [6.07, 6.45) is 1.40. The van der Waals surface area contributed by atoms with Crippen LogP contribution >= 0.6 is 11.6 Å². The molecular weight excluding hydrogens is 226 g/mol. The van der Waals surface area contributed by atoms with Gasteiger partial charge >= 0.3 is 0 Å². The lowest BCUT2D eigenvalue weighted by Gasteiger charge is -2.33. The van der Waals surface area contributed by atoms with Gasteiger partial charge < -0.3 is 9.80 Å². The normalized spacial score (nSPS) is 17.2. The Balaban J connectivity index is 2.27. The Morgan fingerprint density at radius 3 is 2.62 bits per heavy atom. The fourth-order valence-corrected chi connectivity index (χ4v) is 1.88. The first-order chi connectivity index (χ1) is 7.72. The maximum Gasteiger partial charge on any atom is 0.152 e. The van der Waals surface area contributed by atoms with E-state index in [4.69, 9.17) is 16.9 Å². The summed E-state index contributed by atoms with van der Waals surface area (Å²) in [5, 5.41) is 9.26. The third kappa shape index (κ3) is 2.08. The predicted molar refractivity (Wildman–Crippen MR) is 61.5 cm³/mol. The summed E-state index contributed by atoms with van der Waals surface area (Å²) in [4.78, 5) is 12.3. The van der Waals surface area contributed by atoms with Crippen molar-refractivity contribution < 1.29 is 0 Å². The Hall–Kier alpha value is -1.38. The molecule has 1 aromatic rings. The van der Waals surface area contributed by atoms with E-state index in [1.165, 1.54) is 6.33 Å². The number of hydrogen-bond acceptors (Lipinski definition) is 5. The topological polar surface area (TPSA) is 56.1 Å². The summed E-state index contributed by atoms with van der Waals surface area (Å²) in [5.41, 5.74) is 0.369. The maximum atomic E-state index is 9.03. The Morgan fingerprint density at radius 1 is 1.31 bits per heavy atom. The summed E-state index contributed by atoms with van der Waals surface area (Å²) in [6, 6.07) is 2.06. The van der Waals surface area contributed by atoms with E-state index in [0.29, 0.717) is 11.4 Å². The second kappa shape index (κ2) is 4.64. The number of rotatable bonds is 1. The van der Waals surface area contributed by atoms with E-state index in [1.54, 1.807) is 0 Å². The summed E-state index contributed by atoms with van der Waals surface area (Å²) in [5.74, 6) is 0.649. The molecule has 2 rings (SSSR count). The third-order valence-electron chi connectivity index (χ3n) is 2.70. The predicted octanol–water partition coefficient (Wildman–Crippen LogP) is 0.753. The summed E-state index contributed by atoms with van der Waals surface area (Å²) in [6.45, 7) is 3.65. The molecule has 6 heteroatoms. The van der Waals surface area contributed by atoms with Gasteiger partial charge in [-0.25, -0.2) is 9.97 Å². The molecule has 0 amide bonds. The second-order valence-corrected chi connectivity index (χ2v) is 4.12. The standard InChI is InChI=1S/C10H12ClN5/c1-15-2-4-16(5-3-15)10-8(6-12)9(11)13-7-14-10/h7H,2-5H2,1H3. The molecule has 5 nitrogen and oxygen atoms in total. The van der Waals surface area contributed by atoms with Crippen molar-refractivity contribution in [3.05, 3.63) is 17.0 Å². The zero-order chi connectivity index (χ0) is 11.5. The molecule has 84 valence electrons. The molecule has 1 fully saturated rings. The molecule has 1 aliphatic rings. The summed E-state index contributed by atoms with van der Waals surface area (Å²) >= 11 is 5.87. The van der Waals surface area contributed by atoms with Crippen molar-refractivity contribution >= 4 is 17.4 Å². The number of nitriles is 1. The fourth-order valence-electron chi connectivity index (χ4n) is 1.71. The molecule has 0 saturated carbocycles. The van der Waals surface area contributed by atoms with Gasteiger partial charge in [0.15, 0.2) is 11.0 Å². The van der Waals surface area contributed by atoms with Gasteiger partial charge in [-0.05, 0) is 7.05 Å². The van der Waals surface area contributed by atoms with E-state index in [2.05, 4.69) is 32.9 Å². The average Bonchev–Trinajstić information content (AvgIpc) is 2.30. The molecule has 0 atom stereocenters. The van der Waals surface area contributed by atoms with Crippen LogP contribution in [0, 0.1) is 11.3 Å². The van der Waals surface area contributed by atoms with E-state index < -0.39 is 0 Å². The quantitative estimate of drug-likeness (QED) is 0.675. The van der Waals surface area contributed by atoms with E-state index in [0.717, 1.165) is 26.2 Å². The molecule has 0 unspecified atom stereocenters. The molecule has 2 heterocycles. The molecule has 1 saturated heterocycles. The van der Waals surface area contributed by atoms with Crippen molar-refractivity contribution in [1.82, 2.24) is 14.9 Å². The highest BCUT2D eigenvalue weighted by atomic mass is 35.5. The largest absolute Gasteiger partial charge is 0.353 e.